The largest absolute Gasteiger partial charge is 0.343 e. The van der Waals surface area contributed by atoms with Gasteiger partial charge in [-0.1, -0.05) is 44.4 Å². The van der Waals surface area contributed by atoms with Crippen LogP contribution in [0.2, 0.25) is 5.02 Å². The van der Waals surface area contributed by atoms with Crippen LogP contribution in [0.15, 0.2) is 41.5 Å². The van der Waals surface area contributed by atoms with Gasteiger partial charge in [-0.15, -0.1) is 0 Å². The monoisotopic (exact) mass is 436 g/mol. The Morgan fingerprint density at radius 2 is 1.90 bits per heavy atom. The summed E-state index contributed by atoms with van der Waals surface area (Å²) >= 11 is 6.39. The number of unbranched alkanes of at least 4 members (excludes halogenated alkanes) is 2. The van der Waals surface area contributed by atoms with E-state index in [1.54, 1.807) is 6.20 Å². The fraction of sp³-hybridized carbons (Fsp3) is 0.440. The Morgan fingerprint density at radius 3 is 2.65 bits per heavy atom. The normalized spacial score (nSPS) is 14.2. The summed E-state index contributed by atoms with van der Waals surface area (Å²) in [5.41, 5.74) is 5.70. The average Bonchev–Trinajstić information content (AvgIpc) is 3.51. The summed E-state index contributed by atoms with van der Waals surface area (Å²) in [5.74, 6) is 0. The number of hydrogen-bond acceptors (Lipinski definition) is 2. The first-order chi connectivity index (χ1) is 15.1. The first-order valence-electron chi connectivity index (χ1n) is 11.5. The molecule has 0 saturated heterocycles. The van der Waals surface area contributed by atoms with Crippen molar-refractivity contribution in [2.45, 2.75) is 71.5 Å². The first-order valence-corrected chi connectivity index (χ1v) is 11.9. The molecule has 0 bridgehead atoms. The number of halogens is 1. The summed E-state index contributed by atoms with van der Waals surface area (Å²) in [7, 11) is 0. The fourth-order valence-corrected chi connectivity index (χ4v) is 5.08. The van der Waals surface area contributed by atoms with Crippen LogP contribution in [0.1, 0.15) is 63.3 Å². The van der Waals surface area contributed by atoms with Crippen LogP contribution >= 0.6 is 11.6 Å². The average molecular weight is 437 g/mol. The molecule has 0 atom stereocenters. The van der Waals surface area contributed by atoms with Gasteiger partial charge in [0.1, 0.15) is 0 Å². The molecule has 0 N–H and O–H groups in total. The second-order valence-corrected chi connectivity index (χ2v) is 9.07. The van der Waals surface area contributed by atoms with Crippen molar-refractivity contribution in [1.82, 2.24) is 18.7 Å². The summed E-state index contributed by atoms with van der Waals surface area (Å²) in [4.78, 5) is 17.8. The number of fused-ring (bicyclic) bond motifs is 2. The van der Waals surface area contributed by atoms with E-state index in [2.05, 4.69) is 35.5 Å². The van der Waals surface area contributed by atoms with Gasteiger partial charge in [0.05, 0.1) is 29.3 Å². The van der Waals surface area contributed by atoms with Crippen LogP contribution < -0.4 is 5.69 Å². The second-order valence-electron chi connectivity index (χ2n) is 8.63. The maximum atomic E-state index is 13.5. The highest BCUT2D eigenvalue weighted by Crippen LogP contribution is 2.36. The SMILES string of the molecule is CCCCCn1c(Cn2c(=O)n(C3CC3)c3ccncc32)c(CC)c2ccc(Cl)cc21. The lowest BCUT2D eigenvalue weighted by Crippen LogP contribution is -2.25. The number of aryl methyl sites for hydroxylation is 2. The van der Waals surface area contributed by atoms with Crippen molar-refractivity contribution in [3.05, 3.63) is 63.4 Å². The molecule has 1 saturated carbocycles. The summed E-state index contributed by atoms with van der Waals surface area (Å²) in [6.07, 6.45) is 10.2. The molecule has 5 nitrogen and oxygen atoms in total. The molecular formula is C25H29ClN4O. The molecule has 4 aromatic rings. The smallest absolute Gasteiger partial charge is 0.329 e. The van der Waals surface area contributed by atoms with Gasteiger partial charge in [0, 0.05) is 34.9 Å². The molecule has 1 aromatic carbocycles. The number of nitrogens with zero attached hydrogens (tertiary/aromatic N) is 4. The highest BCUT2D eigenvalue weighted by molar-refractivity contribution is 6.31. The zero-order valence-corrected chi connectivity index (χ0v) is 19.0. The number of aromatic nitrogens is 4. The predicted molar refractivity (Wildman–Crippen MR) is 127 cm³/mol. The van der Waals surface area contributed by atoms with Crippen LogP contribution in [0.3, 0.4) is 0 Å². The number of benzene rings is 1. The van der Waals surface area contributed by atoms with Crippen molar-refractivity contribution in [3.63, 3.8) is 0 Å². The molecule has 0 radical (unpaired) electrons. The summed E-state index contributed by atoms with van der Waals surface area (Å²) < 4.78 is 6.30. The van der Waals surface area contributed by atoms with Gasteiger partial charge in [0.15, 0.2) is 0 Å². The lowest BCUT2D eigenvalue weighted by molar-refractivity contribution is 0.579. The quantitative estimate of drug-likeness (QED) is 0.321. The molecule has 3 aromatic heterocycles. The fourth-order valence-electron chi connectivity index (χ4n) is 4.91. The minimum absolute atomic E-state index is 0.0796. The molecule has 31 heavy (non-hydrogen) atoms. The lowest BCUT2D eigenvalue weighted by atomic mass is 10.1. The minimum Gasteiger partial charge on any atom is -0.343 e. The van der Waals surface area contributed by atoms with Crippen molar-refractivity contribution >= 4 is 33.5 Å². The molecule has 1 aliphatic carbocycles. The van der Waals surface area contributed by atoms with Crippen LogP contribution in [-0.4, -0.2) is 18.7 Å². The molecule has 0 spiro atoms. The summed E-state index contributed by atoms with van der Waals surface area (Å²) in [6, 6.07) is 8.48. The molecule has 0 unspecified atom stereocenters. The first kappa shape index (κ1) is 20.4. The van der Waals surface area contributed by atoms with E-state index < -0.39 is 0 Å². The van der Waals surface area contributed by atoms with Crippen LogP contribution in [0.5, 0.6) is 0 Å². The van der Waals surface area contributed by atoms with E-state index in [0.717, 1.165) is 48.3 Å². The van der Waals surface area contributed by atoms with Crippen LogP contribution in [-0.2, 0) is 19.5 Å². The molecule has 3 heterocycles. The number of rotatable bonds is 8. The van der Waals surface area contributed by atoms with Crippen molar-refractivity contribution in [1.29, 1.82) is 0 Å². The van der Waals surface area contributed by atoms with Gasteiger partial charge in [0.2, 0.25) is 0 Å². The van der Waals surface area contributed by atoms with Crippen LogP contribution in [0.4, 0.5) is 0 Å². The summed E-state index contributed by atoms with van der Waals surface area (Å²) in [5, 5.41) is 2.00. The number of hydrogen-bond donors (Lipinski definition) is 0. The van der Waals surface area contributed by atoms with E-state index in [-0.39, 0.29) is 5.69 Å². The topological polar surface area (TPSA) is 44.8 Å². The van der Waals surface area contributed by atoms with Gasteiger partial charge in [-0.25, -0.2) is 4.79 Å². The van der Waals surface area contributed by atoms with E-state index in [1.807, 2.05) is 27.5 Å². The molecule has 1 fully saturated rings. The Morgan fingerprint density at radius 1 is 1.06 bits per heavy atom. The third-order valence-corrected chi connectivity index (χ3v) is 6.81. The third kappa shape index (κ3) is 3.49. The van der Waals surface area contributed by atoms with Gasteiger partial charge >= 0.3 is 5.69 Å². The zero-order valence-electron chi connectivity index (χ0n) is 18.3. The zero-order chi connectivity index (χ0) is 21.5. The van der Waals surface area contributed by atoms with E-state index in [0.29, 0.717) is 12.6 Å². The predicted octanol–water partition coefficient (Wildman–Crippen LogP) is 5.94. The molecule has 162 valence electrons. The molecule has 0 amide bonds. The van der Waals surface area contributed by atoms with E-state index >= 15 is 0 Å². The number of pyridine rings is 1. The lowest BCUT2D eigenvalue weighted by Gasteiger charge is -2.13. The minimum atomic E-state index is 0.0796. The van der Waals surface area contributed by atoms with Crippen molar-refractivity contribution in [3.8, 4) is 0 Å². The Kier molecular flexibility index (Phi) is 5.39. The molecule has 1 aliphatic rings. The Bertz CT molecular complexity index is 1310. The highest BCUT2D eigenvalue weighted by atomic mass is 35.5. The highest BCUT2D eigenvalue weighted by Gasteiger charge is 2.29. The molecule has 6 heteroatoms. The van der Waals surface area contributed by atoms with Crippen molar-refractivity contribution in [2.75, 3.05) is 0 Å². The van der Waals surface area contributed by atoms with E-state index in [4.69, 9.17) is 11.6 Å². The van der Waals surface area contributed by atoms with Gasteiger partial charge in [-0.05, 0) is 49.4 Å². The van der Waals surface area contributed by atoms with E-state index in [9.17, 15) is 4.79 Å². The van der Waals surface area contributed by atoms with Gasteiger partial charge < -0.3 is 4.57 Å². The van der Waals surface area contributed by atoms with Crippen LogP contribution in [0, 0.1) is 0 Å². The van der Waals surface area contributed by atoms with E-state index in [1.165, 1.54) is 35.0 Å². The van der Waals surface area contributed by atoms with Crippen molar-refractivity contribution in [2.24, 2.45) is 0 Å². The Hall–Kier alpha value is -2.53. The van der Waals surface area contributed by atoms with Gasteiger partial charge in [-0.2, -0.15) is 0 Å². The summed E-state index contributed by atoms with van der Waals surface area (Å²) in [6.45, 7) is 5.92. The Labute approximate surface area is 187 Å². The molecule has 5 rings (SSSR count). The third-order valence-electron chi connectivity index (χ3n) is 6.57. The second kappa shape index (κ2) is 8.19. The maximum absolute atomic E-state index is 13.5. The van der Waals surface area contributed by atoms with Gasteiger partial charge in [0.25, 0.3) is 0 Å². The Balaban J connectivity index is 1.70. The van der Waals surface area contributed by atoms with Crippen molar-refractivity contribution < 1.29 is 0 Å². The number of imidazole rings is 1. The van der Waals surface area contributed by atoms with Crippen LogP contribution in [0.25, 0.3) is 21.9 Å². The standard InChI is InChI=1S/C25H29ClN4O/c1-3-5-6-13-28-22-14-17(26)7-10-20(22)19(4-2)24(28)16-29-23-15-27-12-11-21(23)30(25(29)31)18-8-9-18/h7,10-12,14-15,18H,3-6,8-9,13,16H2,1-2H3. The van der Waals surface area contributed by atoms with Gasteiger partial charge in [-0.3, -0.25) is 14.1 Å². The molecule has 0 aliphatic heterocycles. The maximum Gasteiger partial charge on any atom is 0.329 e. The molecular weight excluding hydrogens is 408 g/mol.